The van der Waals surface area contributed by atoms with E-state index in [2.05, 4.69) is 62.4 Å². The Morgan fingerprint density at radius 2 is 1.69 bits per heavy atom. The molecule has 0 heteroatoms. The summed E-state index contributed by atoms with van der Waals surface area (Å²) in [6, 6.07) is 14.3. The van der Waals surface area contributed by atoms with E-state index in [0.29, 0.717) is 0 Å². The monoisotopic (exact) mass is 348 g/mol. The molecule has 3 rings (SSSR count). The fraction of sp³-hybridized carbons (Fsp3) is 0.538. The summed E-state index contributed by atoms with van der Waals surface area (Å²) in [6.45, 7) is 4.41. The second kappa shape index (κ2) is 9.95. The molecule has 1 aliphatic carbocycles. The summed E-state index contributed by atoms with van der Waals surface area (Å²) >= 11 is 0. The zero-order valence-electron chi connectivity index (χ0n) is 16.8. The van der Waals surface area contributed by atoms with E-state index in [1.54, 1.807) is 5.56 Å². The molecule has 0 unspecified atom stereocenters. The van der Waals surface area contributed by atoms with Gasteiger partial charge in [0.1, 0.15) is 0 Å². The molecule has 0 N–H and O–H groups in total. The molecular weight excluding hydrogens is 312 g/mol. The van der Waals surface area contributed by atoms with E-state index < -0.39 is 0 Å². The Kier molecular flexibility index (Phi) is 7.35. The molecule has 0 spiro atoms. The zero-order chi connectivity index (χ0) is 18.2. The highest BCUT2D eigenvalue weighted by molar-refractivity contribution is 5.84. The summed E-state index contributed by atoms with van der Waals surface area (Å²) in [5, 5.41) is 2.82. The van der Waals surface area contributed by atoms with E-state index in [9.17, 15) is 0 Å². The van der Waals surface area contributed by atoms with Crippen LogP contribution in [0.15, 0.2) is 48.6 Å². The molecule has 0 aliphatic heterocycles. The van der Waals surface area contributed by atoms with Crippen LogP contribution < -0.4 is 0 Å². The molecular formula is C26H36. The van der Waals surface area contributed by atoms with E-state index in [4.69, 9.17) is 0 Å². The van der Waals surface area contributed by atoms with E-state index in [-0.39, 0.29) is 0 Å². The van der Waals surface area contributed by atoms with Crippen molar-refractivity contribution in [3.05, 3.63) is 59.7 Å². The highest BCUT2D eigenvalue weighted by Crippen LogP contribution is 2.38. The number of unbranched alkanes of at least 4 members (excludes halogenated alkanes) is 2. The topological polar surface area (TPSA) is 0 Å². The third-order valence-electron chi connectivity index (χ3n) is 6.30. The fourth-order valence-corrected chi connectivity index (χ4v) is 4.61. The summed E-state index contributed by atoms with van der Waals surface area (Å²) in [5.74, 6) is 1.79. The van der Waals surface area contributed by atoms with Crippen LogP contribution in [0, 0.1) is 5.92 Å². The number of allylic oxidation sites excluding steroid dienone is 2. The first-order chi connectivity index (χ1) is 12.8. The molecule has 26 heavy (non-hydrogen) atoms. The molecule has 1 fully saturated rings. The lowest BCUT2D eigenvalue weighted by atomic mass is 9.77. The normalized spacial score (nSPS) is 20.8. The van der Waals surface area contributed by atoms with Gasteiger partial charge in [0, 0.05) is 0 Å². The average molecular weight is 349 g/mol. The molecule has 1 aliphatic rings. The minimum atomic E-state index is 0.788. The van der Waals surface area contributed by atoms with Crippen LogP contribution in [-0.2, 0) is 6.42 Å². The van der Waals surface area contributed by atoms with Crippen LogP contribution in [0.5, 0.6) is 0 Å². The Morgan fingerprint density at radius 3 is 2.46 bits per heavy atom. The molecule has 0 aromatic heterocycles. The molecule has 140 valence electrons. The molecule has 2 aromatic rings. The Bertz CT molecular complexity index is 701. The van der Waals surface area contributed by atoms with E-state index in [1.807, 2.05) is 0 Å². The van der Waals surface area contributed by atoms with Gasteiger partial charge in [-0.25, -0.2) is 0 Å². The van der Waals surface area contributed by atoms with Crippen molar-refractivity contribution in [1.82, 2.24) is 0 Å². The lowest BCUT2D eigenvalue weighted by Gasteiger charge is -2.29. The van der Waals surface area contributed by atoms with Gasteiger partial charge in [-0.15, -0.1) is 0 Å². The Hall–Kier alpha value is -1.56. The van der Waals surface area contributed by atoms with E-state index in [0.717, 1.165) is 24.7 Å². The molecule has 0 heterocycles. The average Bonchev–Trinajstić information content (AvgIpc) is 2.68. The van der Waals surface area contributed by atoms with Gasteiger partial charge in [-0.2, -0.15) is 0 Å². The van der Waals surface area contributed by atoms with Crippen LogP contribution in [0.1, 0.15) is 88.7 Å². The standard InChI is InChI=1S/C26H36/c1-3-5-7-9-21-11-14-23(15-12-21)25-18-17-24-19-22(10-8-6-4-2)13-16-26(24)20-25/h4,6,13,16-21,23H,3,5,7-12,14-15H2,1-2H3/b6-4+. The van der Waals surface area contributed by atoms with Gasteiger partial charge in [0.15, 0.2) is 0 Å². The smallest absolute Gasteiger partial charge is 0.0162 e. The molecule has 0 radical (unpaired) electrons. The van der Waals surface area contributed by atoms with E-state index >= 15 is 0 Å². The number of aryl methyl sites for hydroxylation is 1. The first-order valence-electron chi connectivity index (χ1n) is 10.9. The SMILES string of the molecule is C/C=C/CCc1ccc2cc(C3CCC(CCCCC)CC3)ccc2c1. The van der Waals surface area contributed by atoms with Gasteiger partial charge in [0.05, 0.1) is 0 Å². The van der Waals surface area contributed by atoms with E-state index in [1.165, 1.54) is 67.7 Å². The highest BCUT2D eigenvalue weighted by Gasteiger charge is 2.22. The molecule has 0 saturated heterocycles. The molecule has 2 aromatic carbocycles. The predicted octanol–water partition coefficient (Wildman–Crippen LogP) is 8.20. The second-order valence-corrected chi connectivity index (χ2v) is 8.26. The lowest BCUT2D eigenvalue weighted by molar-refractivity contribution is 0.303. The van der Waals surface area contributed by atoms with Crippen molar-refractivity contribution in [3.63, 3.8) is 0 Å². The van der Waals surface area contributed by atoms with Crippen molar-refractivity contribution >= 4 is 10.8 Å². The summed E-state index contributed by atoms with van der Waals surface area (Å²) in [4.78, 5) is 0. The number of fused-ring (bicyclic) bond motifs is 1. The van der Waals surface area contributed by atoms with Crippen molar-refractivity contribution in [3.8, 4) is 0 Å². The van der Waals surface area contributed by atoms with Gasteiger partial charge < -0.3 is 0 Å². The molecule has 0 amide bonds. The highest BCUT2D eigenvalue weighted by atomic mass is 14.3. The maximum atomic E-state index is 2.47. The molecule has 0 bridgehead atoms. The Labute approximate surface area is 160 Å². The van der Waals surface area contributed by atoms with Crippen molar-refractivity contribution in [2.45, 2.75) is 84.0 Å². The van der Waals surface area contributed by atoms with Crippen LogP contribution in [0.4, 0.5) is 0 Å². The fourth-order valence-electron chi connectivity index (χ4n) is 4.61. The van der Waals surface area contributed by atoms with Crippen LogP contribution in [0.25, 0.3) is 10.8 Å². The third-order valence-corrected chi connectivity index (χ3v) is 6.30. The first-order valence-corrected chi connectivity index (χ1v) is 10.9. The molecule has 0 nitrogen and oxygen atoms in total. The number of hydrogen-bond donors (Lipinski definition) is 0. The van der Waals surface area contributed by atoms with Crippen LogP contribution in [-0.4, -0.2) is 0 Å². The number of benzene rings is 2. The van der Waals surface area contributed by atoms with Gasteiger partial charge >= 0.3 is 0 Å². The zero-order valence-corrected chi connectivity index (χ0v) is 16.8. The number of hydrogen-bond acceptors (Lipinski definition) is 0. The quantitative estimate of drug-likeness (QED) is 0.333. The second-order valence-electron chi connectivity index (χ2n) is 8.26. The van der Waals surface area contributed by atoms with Gasteiger partial charge in [0.2, 0.25) is 0 Å². The molecule has 1 saturated carbocycles. The molecule has 0 atom stereocenters. The summed E-state index contributed by atoms with van der Waals surface area (Å²) in [6.07, 6.45) is 18.0. The van der Waals surface area contributed by atoms with Crippen molar-refractivity contribution in [2.75, 3.05) is 0 Å². The summed E-state index contributed by atoms with van der Waals surface area (Å²) < 4.78 is 0. The third kappa shape index (κ3) is 5.22. The van der Waals surface area contributed by atoms with Crippen molar-refractivity contribution in [1.29, 1.82) is 0 Å². The maximum Gasteiger partial charge on any atom is -0.0162 e. The van der Waals surface area contributed by atoms with Gasteiger partial charge in [-0.05, 0) is 79.2 Å². The minimum Gasteiger partial charge on any atom is -0.0917 e. The lowest BCUT2D eigenvalue weighted by Crippen LogP contribution is -2.13. The van der Waals surface area contributed by atoms with Crippen LogP contribution in [0.3, 0.4) is 0 Å². The predicted molar refractivity (Wildman–Crippen MR) is 116 cm³/mol. The largest absolute Gasteiger partial charge is 0.0917 e. The Morgan fingerprint density at radius 1 is 0.923 bits per heavy atom. The summed E-state index contributed by atoms with van der Waals surface area (Å²) in [5.41, 5.74) is 3.03. The number of rotatable bonds is 8. The van der Waals surface area contributed by atoms with Gasteiger partial charge in [-0.1, -0.05) is 81.2 Å². The van der Waals surface area contributed by atoms with Crippen molar-refractivity contribution in [2.24, 2.45) is 5.92 Å². The van der Waals surface area contributed by atoms with Crippen LogP contribution in [0.2, 0.25) is 0 Å². The van der Waals surface area contributed by atoms with Crippen LogP contribution >= 0.6 is 0 Å². The van der Waals surface area contributed by atoms with Gasteiger partial charge in [0.25, 0.3) is 0 Å². The maximum absolute atomic E-state index is 2.47. The minimum absolute atomic E-state index is 0.788. The summed E-state index contributed by atoms with van der Waals surface area (Å²) in [7, 11) is 0. The first kappa shape index (κ1) is 19.2. The van der Waals surface area contributed by atoms with Crippen molar-refractivity contribution < 1.29 is 0 Å². The van der Waals surface area contributed by atoms with Gasteiger partial charge in [-0.3, -0.25) is 0 Å². The Balaban J connectivity index is 1.60.